The highest BCUT2D eigenvalue weighted by Crippen LogP contribution is 2.42. The van der Waals surface area contributed by atoms with Gasteiger partial charge in [0.2, 0.25) is 0 Å². The van der Waals surface area contributed by atoms with Gasteiger partial charge in [0.1, 0.15) is 0 Å². The fourth-order valence-corrected chi connectivity index (χ4v) is 5.60. The van der Waals surface area contributed by atoms with Crippen molar-refractivity contribution in [3.8, 4) is 0 Å². The van der Waals surface area contributed by atoms with E-state index >= 15 is 0 Å². The third-order valence-electron chi connectivity index (χ3n) is 6.83. The van der Waals surface area contributed by atoms with Gasteiger partial charge in [-0.25, -0.2) is 0 Å². The third-order valence-corrected chi connectivity index (χ3v) is 6.83. The zero-order valence-corrected chi connectivity index (χ0v) is 16.1. The highest BCUT2D eigenvalue weighted by atomic mass is 14.9. The van der Waals surface area contributed by atoms with Crippen LogP contribution in [0.5, 0.6) is 0 Å². The van der Waals surface area contributed by atoms with E-state index < -0.39 is 0 Å². The normalized spacial score (nSPS) is 12.7. The SMILES string of the molecule is c1ccc2c(c1)[nH]c1cc3c(ccc4c3c3cccc5c6ccccc6n4c53)cc12. The summed E-state index contributed by atoms with van der Waals surface area (Å²) < 4.78 is 2.45. The summed E-state index contributed by atoms with van der Waals surface area (Å²) in [5.74, 6) is 0. The first-order valence-electron chi connectivity index (χ1n) is 10.4. The molecule has 2 heteroatoms. The molecule has 0 bridgehead atoms. The first kappa shape index (κ1) is 14.9. The molecule has 30 heavy (non-hydrogen) atoms. The van der Waals surface area contributed by atoms with E-state index in [4.69, 9.17) is 0 Å². The molecule has 8 rings (SSSR count). The molecule has 0 saturated carbocycles. The van der Waals surface area contributed by atoms with Crippen LogP contribution in [0.3, 0.4) is 0 Å². The highest BCUT2D eigenvalue weighted by Gasteiger charge is 2.18. The first-order chi connectivity index (χ1) is 14.9. The zero-order valence-electron chi connectivity index (χ0n) is 16.1. The average Bonchev–Trinajstić information content (AvgIpc) is 3.44. The van der Waals surface area contributed by atoms with E-state index in [1.54, 1.807) is 0 Å². The number of nitrogens with zero attached hydrogens (tertiary/aromatic N) is 1. The maximum Gasteiger partial charge on any atom is 0.0620 e. The van der Waals surface area contributed by atoms with Crippen molar-refractivity contribution >= 4 is 70.7 Å². The van der Waals surface area contributed by atoms with Crippen LogP contribution in [-0.2, 0) is 0 Å². The van der Waals surface area contributed by atoms with Crippen molar-refractivity contribution in [2.24, 2.45) is 0 Å². The number of nitrogens with one attached hydrogen (secondary N) is 1. The summed E-state index contributed by atoms with van der Waals surface area (Å²) in [6.07, 6.45) is 0. The van der Waals surface area contributed by atoms with Gasteiger partial charge < -0.3 is 9.38 Å². The maximum atomic E-state index is 3.62. The number of hydrogen-bond donors (Lipinski definition) is 1. The van der Waals surface area contributed by atoms with Gasteiger partial charge in [0, 0.05) is 43.4 Å². The standard InChI is InChI=1S/C28H16N2/c1-3-10-23-17(6-1)22-14-16-12-13-26-27(21(16)15-24(22)29-23)20-9-5-8-19-18-7-2-4-11-25(18)30(26)28(19)20/h1-15,29H. The summed E-state index contributed by atoms with van der Waals surface area (Å²) in [4.78, 5) is 3.62. The van der Waals surface area contributed by atoms with Crippen molar-refractivity contribution < 1.29 is 0 Å². The predicted octanol–water partition coefficient (Wildman–Crippen LogP) is 7.62. The molecule has 0 aliphatic rings. The molecule has 0 unspecified atom stereocenters. The Morgan fingerprint density at radius 3 is 2.27 bits per heavy atom. The lowest BCUT2D eigenvalue weighted by Crippen LogP contribution is -1.81. The van der Waals surface area contributed by atoms with Gasteiger partial charge in [-0.3, -0.25) is 0 Å². The average molecular weight is 380 g/mol. The van der Waals surface area contributed by atoms with Gasteiger partial charge in [-0.15, -0.1) is 0 Å². The Labute approximate surface area is 171 Å². The smallest absolute Gasteiger partial charge is 0.0620 e. The summed E-state index contributed by atoms with van der Waals surface area (Å²) in [5, 5.41) is 10.5. The van der Waals surface area contributed by atoms with Crippen LogP contribution in [0.15, 0.2) is 91.0 Å². The second-order valence-corrected chi connectivity index (χ2v) is 8.30. The van der Waals surface area contributed by atoms with Crippen LogP contribution < -0.4 is 0 Å². The number of aromatic nitrogens is 2. The number of hydrogen-bond acceptors (Lipinski definition) is 0. The Morgan fingerprint density at radius 1 is 0.500 bits per heavy atom. The van der Waals surface area contributed by atoms with Crippen LogP contribution in [0.1, 0.15) is 0 Å². The quantitative estimate of drug-likeness (QED) is 0.279. The van der Waals surface area contributed by atoms with Crippen LogP contribution in [0.25, 0.3) is 70.7 Å². The summed E-state index contributed by atoms with van der Waals surface area (Å²) in [7, 11) is 0. The number of fused-ring (bicyclic) bond motifs is 11. The molecule has 0 radical (unpaired) electrons. The molecule has 3 heterocycles. The van der Waals surface area contributed by atoms with Crippen LogP contribution in [0, 0.1) is 0 Å². The zero-order chi connectivity index (χ0) is 19.4. The predicted molar refractivity (Wildman–Crippen MR) is 128 cm³/mol. The largest absolute Gasteiger partial charge is 0.354 e. The molecular weight excluding hydrogens is 364 g/mol. The van der Waals surface area contributed by atoms with Crippen molar-refractivity contribution in [2.75, 3.05) is 0 Å². The molecule has 5 aromatic carbocycles. The summed E-state index contributed by atoms with van der Waals surface area (Å²) in [6.45, 7) is 0. The number of aromatic amines is 1. The number of benzene rings is 5. The molecule has 2 nitrogen and oxygen atoms in total. The van der Waals surface area contributed by atoms with Crippen LogP contribution in [-0.4, -0.2) is 9.38 Å². The Balaban J connectivity index is 1.66. The summed E-state index contributed by atoms with van der Waals surface area (Å²) >= 11 is 0. The lowest BCUT2D eigenvalue weighted by molar-refractivity contribution is 1.37. The molecule has 3 aromatic heterocycles. The molecule has 1 N–H and O–H groups in total. The summed E-state index contributed by atoms with van der Waals surface area (Å²) in [6, 6.07) is 33.3. The summed E-state index contributed by atoms with van der Waals surface area (Å²) in [5.41, 5.74) is 6.29. The van der Waals surface area contributed by atoms with E-state index in [1.807, 2.05) is 0 Å². The molecule has 0 spiro atoms. The minimum atomic E-state index is 1.19. The second-order valence-electron chi connectivity index (χ2n) is 8.30. The minimum absolute atomic E-state index is 1.19. The van der Waals surface area contributed by atoms with E-state index in [9.17, 15) is 0 Å². The molecule has 0 saturated heterocycles. The van der Waals surface area contributed by atoms with E-state index in [0.717, 1.165) is 0 Å². The molecule has 0 fully saturated rings. The maximum absolute atomic E-state index is 3.62. The third kappa shape index (κ3) is 1.60. The lowest BCUT2D eigenvalue weighted by atomic mass is 10.0. The van der Waals surface area contributed by atoms with E-state index in [0.29, 0.717) is 0 Å². The molecule has 138 valence electrons. The van der Waals surface area contributed by atoms with Crippen molar-refractivity contribution in [3.63, 3.8) is 0 Å². The van der Waals surface area contributed by atoms with E-state index in [1.165, 1.54) is 70.7 Å². The molecule has 8 aromatic rings. The van der Waals surface area contributed by atoms with Crippen LogP contribution in [0.4, 0.5) is 0 Å². The fourth-order valence-electron chi connectivity index (χ4n) is 5.60. The minimum Gasteiger partial charge on any atom is -0.354 e. The number of H-pyrrole nitrogens is 1. The number of para-hydroxylation sites is 3. The Hall–Kier alpha value is -4.04. The second kappa shape index (κ2) is 4.92. The molecule has 0 atom stereocenters. The Bertz CT molecular complexity index is 1950. The van der Waals surface area contributed by atoms with Crippen LogP contribution >= 0.6 is 0 Å². The molecule has 0 aliphatic carbocycles. The van der Waals surface area contributed by atoms with Gasteiger partial charge >= 0.3 is 0 Å². The van der Waals surface area contributed by atoms with Crippen LogP contribution in [0.2, 0.25) is 0 Å². The molecule has 0 aliphatic heterocycles. The van der Waals surface area contributed by atoms with Crippen molar-refractivity contribution in [2.45, 2.75) is 0 Å². The highest BCUT2D eigenvalue weighted by molar-refractivity contribution is 6.29. The van der Waals surface area contributed by atoms with Gasteiger partial charge in [0.05, 0.1) is 16.6 Å². The lowest BCUT2D eigenvalue weighted by Gasteiger charge is -2.04. The topological polar surface area (TPSA) is 20.2 Å². The molecule has 0 amide bonds. The monoisotopic (exact) mass is 380 g/mol. The van der Waals surface area contributed by atoms with Gasteiger partial charge in [0.15, 0.2) is 0 Å². The van der Waals surface area contributed by atoms with E-state index in [-0.39, 0.29) is 0 Å². The van der Waals surface area contributed by atoms with Gasteiger partial charge in [-0.1, -0.05) is 60.7 Å². The fraction of sp³-hybridized carbons (Fsp3) is 0. The van der Waals surface area contributed by atoms with Crippen molar-refractivity contribution in [1.82, 2.24) is 9.38 Å². The Morgan fingerprint density at radius 2 is 1.30 bits per heavy atom. The van der Waals surface area contributed by atoms with Gasteiger partial charge in [-0.05, 0) is 41.1 Å². The van der Waals surface area contributed by atoms with Gasteiger partial charge in [0.25, 0.3) is 0 Å². The van der Waals surface area contributed by atoms with Crippen molar-refractivity contribution in [3.05, 3.63) is 91.0 Å². The Kier molecular flexibility index (Phi) is 2.44. The first-order valence-corrected chi connectivity index (χ1v) is 10.4. The van der Waals surface area contributed by atoms with Gasteiger partial charge in [-0.2, -0.15) is 0 Å². The molecular formula is C28H16N2. The van der Waals surface area contributed by atoms with E-state index in [2.05, 4.69) is 100 Å². The van der Waals surface area contributed by atoms with Crippen molar-refractivity contribution in [1.29, 1.82) is 0 Å². The number of rotatable bonds is 0.